The first-order valence-corrected chi connectivity index (χ1v) is 8.78. The molecule has 8 heteroatoms. The van der Waals surface area contributed by atoms with Gasteiger partial charge in [-0.15, -0.1) is 21.5 Å². The van der Waals surface area contributed by atoms with Gasteiger partial charge in [0.15, 0.2) is 0 Å². The fourth-order valence-corrected chi connectivity index (χ4v) is 5.03. The summed E-state index contributed by atoms with van der Waals surface area (Å²) in [7, 11) is -3.38. The molecule has 0 unspecified atom stereocenters. The Morgan fingerprint density at radius 2 is 2.00 bits per heavy atom. The number of rotatable bonds is 3. The molecular weight excluding hydrogens is 298 g/mol. The molecule has 0 atom stereocenters. The predicted molar refractivity (Wildman–Crippen MR) is 75.0 cm³/mol. The molecule has 1 saturated heterocycles. The van der Waals surface area contributed by atoms with Crippen molar-refractivity contribution in [3.05, 3.63) is 17.3 Å². The summed E-state index contributed by atoms with van der Waals surface area (Å²) in [6.07, 6.45) is 2.96. The zero-order chi connectivity index (χ0) is 14.2. The van der Waals surface area contributed by atoms with E-state index >= 15 is 0 Å². The van der Waals surface area contributed by atoms with Crippen LogP contribution in [0.3, 0.4) is 0 Å². The van der Waals surface area contributed by atoms with Gasteiger partial charge in [0.2, 0.25) is 11.8 Å². The lowest BCUT2D eigenvalue weighted by atomic mass is 10.2. The Morgan fingerprint density at radius 1 is 1.25 bits per heavy atom. The van der Waals surface area contributed by atoms with Gasteiger partial charge in [-0.3, -0.25) is 0 Å². The van der Waals surface area contributed by atoms with E-state index in [1.807, 2.05) is 0 Å². The smallest absolute Gasteiger partial charge is 0.252 e. The van der Waals surface area contributed by atoms with E-state index in [-0.39, 0.29) is 0 Å². The average molecular weight is 313 g/mol. The van der Waals surface area contributed by atoms with Gasteiger partial charge in [-0.1, -0.05) is 6.42 Å². The lowest BCUT2D eigenvalue weighted by molar-refractivity contribution is 0.347. The molecule has 1 aliphatic heterocycles. The first-order chi connectivity index (χ1) is 9.57. The highest BCUT2D eigenvalue weighted by atomic mass is 32.2. The fraction of sp³-hybridized carbons (Fsp3) is 0.500. The van der Waals surface area contributed by atoms with Crippen LogP contribution in [-0.2, 0) is 10.0 Å². The minimum Gasteiger partial charge on any atom is -0.421 e. The Morgan fingerprint density at radius 3 is 2.65 bits per heavy atom. The minimum atomic E-state index is -3.38. The van der Waals surface area contributed by atoms with Gasteiger partial charge in [0, 0.05) is 25.4 Å². The van der Waals surface area contributed by atoms with Crippen molar-refractivity contribution in [2.75, 3.05) is 13.1 Å². The normalized spacial score (nSPS) is 17.4. The van der Waals surface area contributed by atoms with Gasteiger partial charge in [0.05, 0.1) is 5.56 Å². The summed E-state index contributed by atoms with van der Waals surface area (Å²) in [6, 6.07) is 1.61. The number of sulfonamides is 1. The van der Waals surface area contributed by atoms with E-state index in [2.05, 4.69) is 10.2 Å². The van der Waals surface area contributed by atoms with Gasteiger partial charge in [-0.05, 0) is 18.9 Å². The molecule has 0 aliphatic carbocycles. The molecule has 2 aromatic heterocycles. The Bertz CT molecular complexity index is 699. The van der Waals surface area contributed by atoms with Crippen LogP contribution in [0, 0.1) is 6.92 Å². The van der Waals surface area contributed by atoms with Crippen molar-refractivity contribution >= 4 is 21.4 Å². The zero-order valence-corrected chi connectivity index (χ0v) is 12.7. The van der Waals surface area contributed by atoms with Crippen LogP contribution >= 0.6 is 11.3 Å². The van der Waals surface area contributed by atoms with Crippen LogP contribution in [0.15, 0.2) is 20.1 Å². The fourth-order valence-electron chi connectivity index (χ4n) is 2.21. The van der Waals surface area contributed by atoms with E-state index < -0.39 is 10.0 Å². The van der Waals surface area contributed by atoms with Crippen molar-refractivity contribution in [1.29, 1.82) is 0 Å². The molecule has 0 radical (unpaired) electrons. The molecule has 0 spiro atoms. The Kier molecular flexibility index (Phi) is 3.61. The Hall–Kier alpha value is -1.25. The molecule has 0 bridgehead atoms. The summed E-state index contributed by atoms with van der Waals surface area (Å²) in [5.74, 6) is 0.825. The standard InChI is InChI=1S/C12H15N3O3S2/c1-9-13-14-12(18-9)10-7-11(19-8-10)20(16,17)15-5-3-2-4-6-15/h7-8H,2-6H2,1H3. The van der Waals surface area contributed by atoms with Crippen molar-refractivity contribution < 1.29 is 12.8 Å². The SMILES string of the molecule is Cc1nnc(-c2csc(S(=O)(=O)N3CCCCC3)c2)o1. The summed E-state index contributed by atoms with van der Waals surface area (Å²) in [4.78, 5) is 0. The minimum absolute atomic E-state index is 0.338. The van der Waals surface area contributed by atoms with E-state index in [0.717, 1.165) is 19.3 Å². The molecule has 3 rings (SSSR count). The van der Waals surface area contributed by atoms with Gasteiger partial charge in [0.1, 0.15) is 4.21 Å². The van der Waals surface area contributed by atoms with E-state index in [9.17, 15) is 8.42 Å². The highest BCUT2D eigenvalue weighted by Crippen LogP contribution is 2.30. The number of thiophene rings is 1. The Labute approximate surface area is 121 Å². The highest BCUT2D eigenvalue weighted by Gasteiger charge is 2.27. The molecule has 20 heavy (non-hydrogen) atoms. The predicted octanol–water partition coefficient (Wildman–Crippen LogP) is 2.28. The number of aryl methyl sites for hydroxylation is 1. The van der Waals surface area contributed by atoms with Crippen LogP contribution in [0.25, 0.3) is 11.5 Å². The summed E-state index contributed by atoms with van der Waals surface area (Å²) in [5, 5.41) is 9.40. The van der Waals surface area contributed by atoms with Crippen molar-refractivity contribution in [3.63, 3.8) is 0 Å². The topological polar surface area (TPSA) is 76.3 Å². The second-order valence-electron chi connectivity index (χ2n) is 4.75. The van der Waals surface area contributed by atoms with Gasteiger partial charge >= 0.3 is 0 Å². The molecule has 2 aromatic rings. The summed E-state index contributed by atoms with van der Waals surface area (Å²) >= 11 is 1.20. The molecular formula is C12H15N3O3S2. The maximum Gasteiger partial charge on any atom is 0.252 e. The lowest BCUT2D eigenvalue weighted by Crippen LogP contribution is -2.35. The summed E-state index contributed by atoms with van der Waals surface area (Å²) < 4.78 is 32.2. The number of hydrogen-bond donors (Lipinski definition) is 0. The maximum absolute atomic E-state index is 12.5. The van der Waals surface area contributed by atoms with Crippen LogP contribution in [-0.4, -0.2) is 36.0 Å². The van der Waals surface area contributed by atoms with Crippen molar-refractivity contribution in [1.82, 2.24) is 14.5 Å². The molecule has 0 amide bonds. The quantitative estimate of drug-likeness (QED) is 0.869. The van der Waals surface area contributed by atoms with E-state index in [1.165, 1.54) is 11.3 Å². The third-order valence-electron chi connectivity index (χ3n) is 3.26. The number of hydrogen-bond acceptors (Lipinski definition) is 6. The number of piperidine rings is 1. The third kappa shape index (κ3) is 2.50. The molecule has 0 aromatic carbocycles. The second-order valence-corrected chi connectivity index (χ2v) is 7.82. The molecule has 3 heterocycles. The lowest BCUT2D eigenvalue weighted by Gasteiger charge is -2.25. The van der Waals surface area contributed by atoms with Crippen molar-refractivity contribution in [2.45, 2.75) is 30.4 Å². The van der Waals surface area contributed by atoms with E-state index in [1.54, 1.807) is 22.7 Å². The summed E-state index contributed by atoms with van der Waals surface area (Å²) in [6.45, 7) is 2.92. The first kappa shape index (κ1) is 13.7. The molecule has 0 N–H and O–H groups in total. The van der Waals surface area contributed by atoms with Crippen LogP contribution in [0.5, 0.6) is 0 Å². The van der Waals surface area contributed by atoms with Crippen molar-refractivity contribution in [2.24, 2.45) is 0 Å². The van der Waals surface area contributed by atoms with Gasteiger partial charge in [-0.2, -0.15) is 4.31 Å². The first-order valence-electron chi connectivity index (χ1n) is 6.46. The van der Waals surface area contributed by atoms with Crippen LogP contribution < -0.4 is 0 Å². The highest BCUT2D eigenvalue weighted by molar-refractivity contribution is 7.91. The van der Waals surface area contributed by atoms with Gasteiger partial charge in [0.25, 0.3) is 10.0 Å². The van der Waals surface area contributed by atoms with Crippen LogP contribution in [0.4, 0.5) is 0 Å². The number of nitrogens with zero attached hydrogens (tertiary/aromatic N) is 3. The summed E-state index contributed by atoms with van der Waals surface area (Å²) in [5.41, 5.74) is 0.659. The second kappa shape index (κ2) is 5.27. The molecule has 6 nitrogen and oxygen atoms in total. The van der Waals surface area contributed by atoms with Crippen LogP contribution in [0.2, 0.25) is 0 Å². The molecule has 1 aliphatic rings. The monoisotopic (exact) mass is 313 g/mol. The Balaban J connectivity index is 1.89. The molecule has 1 fully saturated rings. The zero-order valence-electron chi connectivity index (χ0n) is 11.1. The average Bonchev–Trinajstić information content (AvgIpc) is 3.08. The van der Waals surface area contributed by atoms with Gasteiger partial charge in [-0.25, -0.2) is 8.42 Å². The van der Waals surface area contributed by atoms with Crippen LogP contribution in [0.1, 0.15) is 25.2 Å². The third-order valence-corrected chi connectivity index (χ3v) is 6.57. The number of aromatic nitrogens is 2. The largest absolute Gasteiger partial charge is 0.421 e. The van der Waals surface area contributed by atoms with Crippen molar-refractivity contribution in [3.8, 4) is 11.5 Å². The maximum atomic E-state index is 12.5. The van der Waals surface area contributed by atoms with Gasteiger partial charge < -0.3 is 4.42 Å². The molecule has 0 saturated carbocycles. The molecule has 108 valence electrons. The van der Waals surface area contributed by atoms with E-state index in [4.69, 9.17) is 4.42 Å². The van der Waals surface area contributed by atoms with E-state index in [0.29, 0.717) is 34.6 Å².